The molecule has 0 aliphatic carbocycles. The van der Waals surface area contributed by atoms with Crippen molar-refractivity contribution < 1.29 is 9.18 Å². The monoisotopic (exact) mass is 346 g/mol. The van der Waals surface area contributed by atoms with Gasteiger partial charge in [0.1, 0.15) is 5.82 Å². The van der Waals surface area contributed by atoms with Crippen molar-refractivity contribution in [3.05, 3.63) is 70.5 Å². The van der Waals surface area contributed by atoms with Gasteiger partial charge in [0.05, 0.1) is 12.0 Å². The van der Waals surface area contributed by atoms with E-state index in [9.17, 15) is 9.18 Å². The predicted molar refractivity (Wildman–Crippen MR) is 93.5 cm³/mol. The third-order valence-corrected chi connectivity index (χ3v) is 4.81. The zero-order chi connectivity index (χ0) is 17.1. The average molecular weight is 347 g/mol. The fourth-order valence-corrected chi connectivity index (χ4v) is 3.32. The first-order valence-electron chi connectivity index (χ1n) is 8.06. The third-order valence-electron chi connectivity index (χ3n) is 4.56. The maximum Gasteiger partial charge on any atom is 0.225 e. The van der Waals surface area contributed by atoms with Crippen LogP contribution in [0, 0.1) is 11.7 Å². The second kappa shape index (κ2) is 7.32. The molecule has 1 aliphatic rings. The highest BCUT2D eigenvalue weighted by Gasteiger charge is 2.34. The van der Waals surface area contributed by atoms with E-state index in [1.54, 1.807) is 6.07 Å². The van der Waals surface area contributed by atoms with Crippen molar-refractivity contribution in [3.63, 3.8) is 0 Å². The number of amides is 1. The van der Waals surface area contributed by atoms with Gasteiger partial charge in [-0.25, -0.2) is 4.39 Å². The summed E-state index contributed by atoms with van der Waals surface area (Å²) in [4.78, 5) is 12.7. The van der Waals surface area contributed by atoms with Crippen molar-refractivity contribution in [3.8, 4) is 0 Å². The van der Waals surface area contributed by atoms with Gasteiger partial charge in [-0.2, -0.15) is 0 Å². The molecule has 3 nitrogen and oxygen atoms in total. The summed E-state index contributed by atoms with van der Waals surface area (Å²) in [5.41, 5.74) is 1.86. The molecule has 0 radical (unpaired) electrons. The first-order valence-corrected chi connectivity index (χ1v) is 8.44. The zero-order valence-corrected chi connectivity index (χ0v) is 14.2. The smallest absolute Gasteiger partial charge is 0.225 e. The van der Waals surface area contributed by atoms with Gasteiger partial charge in [0, 0.05) is 24.0 Å². The highest BCUT2D eigenvalue weighted by atomic mass is 35.5. The minimum Gasteiger partial charge on any atom is -0.349 e. The molecule has 1 heterocycles. The van der Waals surface area contributed by atoms with E-state index in [-0.39, 0.29) is 29.6 Å². The van der Waals surface area contributed by atoms with Crippen LogP contribution in [0.15, 0.2) is 48.5 Å². The number of carbonyl (C=O) groups is 1. The van der Waals surface area contributed by atoms with Crippen LogP contribution in [0.25, 0.3) is 0 Å². The number of hydrogen-bond donors (Lipinski definition) is 2. The summed E-state index contributed by atoms with van der Waals surface area (Å²) in [7, 11) is 0. The second-order valence-electron chi connectivity index (χ2n) is 6.21. The van der Waals surface area contributed by atoms with E-state index in [4.69, 9.17) is 11.6 Å². The molecule has 2 aromatic carbocycles. The van der Waals surface area contributed by atoms with Gasteiger partial charge in [0.15, 0.2) is 0 Å². The van der Waals surface area contributed by atoms with Gasteiger partial charge < -0.3 is 10.6 Å². The molecule has 2 N–H and O–H groups in total. The number of halogens is 2. The Morgan fingerprint density at radius 2 is 2.00 bits per heavy atom. The lowest BCUT2D eigenvalue weighted by molar-refractivity contribution is -0.125. The van der Waals surface area contributed by atoms with E-state index in [2.05, 4.69) is 10.6 Å². The number of benzene rings is 2. The summed E-state index contributed by atoms with van der Waals surface area (Å²) in [5, 5.41) is 6.98. The third kappa shape index (κ3) is 3.77. The van der Waals surface area contributed by atoms with Crippen LogP contribution in [0.4, 0.5) is 4.39 Å². The Morgan fingerprint density at radius 1 is 1.25 bits per heavy atom. The van der Waals surface area contributed by atoms with Crippen molar-refractivity contribution >= 4 is 17.5 Å². The van der Waals surface area contributed by atoms with E-state index in [0.717, 1.165) is 17.7 Å². The molecule has 3 unspecified atom stereocenters. The number of hydrogen-bond acceptors (Lipinski definition) is 2. The summed E-state index contributed by atoms with van der Waals surface area (Å²) in [6, 6.07) is 13.7. The van der Waals surface area contributed by atoms with E-state index in [1.807, 2.05) is 37.3 Å². The van der Waals surface area contributed by atoms with Gasteiger partial charge >= 0.3 is 0 Å². The maximum atomic E-state index is 13.3. The molecule has 5 heteroatoms. The average Bonchev–Trinajstić information content (AvgIpc) is 3.05. The van der Waals surface area contributed by atoms with Gasteiger partial charge in [-0.3, -0.25) is 4.79 Å². The van der Waals surface area contributed by atoms with Crippen LogP contribution in [-0.2, 0) is 4.79 Å². The van der Waals surface area contributed by atoms with Crippen LogP contribution in [0.1, 0.15) is 30.0 Å². The van der Waals surface area contributed by atoms with Crippen molar-refractivity contribution in [1.29, 1.82) is 0 Å². The lowest BCUT2D eigenvalue weighted by Crippen LogP contribution is -2.36. The molecule has 3 rings (SSSR count). The molecule has 0 saturated carbocycles. The predicted octanol–water partition coefficient (Wildman–Crippen LogP) is 3.66. The Hall–Kier alpha value is -1.91. The molecule has 1 fully saturated rings. The molecule has 1 amide bonds. The maximum absolute atomic E-state index is 13.3. The molecular formula is C19H20ClFN2O. The van der Waals surface area contributed by atoms with E-state index >= 15 is 0 Å². The lowest BCUT2D eigenvalue weighted by atomic mass is 9.88. The SMILES string of the molecule is CC(NC(=O)C1CNCC1c1ccc(Cl)cc1)c1cccc(F)c1. The number of nitrogens with one attached hydrogen (secondary N) is 2. The summed E-state index contributed by atoms with van der Waals surface area (Å²) in [6.45, 7) is 3.26. The largest absolute Gasteiger partial charge is 0.349 e. The summed E-state index contributed by atoms with van der Waals surface area (Å²) >= 11 is 5.94. The highest BCUT2D eigenvalue weighted by molar-refractivity contribution is 6.30. The van der Waals surface area contributed by atoms with Gasteiger partial charge in [-0.05, 0) is 42.3 Å². The van der Waals surface area contributed by atoms with E-state index in [0.29, 0.717) is 11.6 Å². The quantitative estimate of drug-likeness (QED) is 0.887. The fourth-order valence-electron chi connectivity index (χ4n) is 3.19. The summed E-state index contributed by atoms with van der Waals surface area (Å²) in [5.74, 6) is -0.351. The van der Waals surface area contributed by atoms with Crippen LogP contribution in [0.5, 0.6) is 0 Å². The number of rotatable bonds is 4. The minimum atomic E-state index is -0.296. The Bertz CT molecular complexity index is 720. The van der Waals surface area contributed by atoms with Gasteiger partial charge in [0.25, 0.3) is 0 Å². The van der Waals surface area contributed by atoms with Crippen molar-refractivity contribution in [2.24, 2.45) is 5.92 Å². The molecule has 3 atom stereocenters. The van der Waals surface area contributed by atoms with Crippen LogP contribution in [0.2, 0.25) is 5.02 Å². The number of carbonyl (C=O) groups excluding carboxylic acids is 1. The Morgan fingerprint density at radius 3 is 2.71 bits per heavy atom. The van der Waals surface area contributed by atoms with Crippen LogP contribution in [-0.4, -0.2) is 19.0 Å². The van der Waals surface area contributed by atoms with Crippen LogP contribution < -0.4 is 10.6 Å². The molecule has 2 aromatic rings. The molecule has 0 spiro atoms. The molecule has 24 heavy (non-hydrogen) atoms. The van der Waals surface area contributed by atoms with Crippen LogP contribution >= 0.6 is 11.6 Å². The summed E-state index contributed by atoms with van der Waals surface area (Å²) < 4.78 is 13.3. The first-order chi connectivity index (χ1) is 11.5. The second-order valence-corrected chi connectivity index (χ2v) is 6.64. The van der Waals surface area contributed by atoms with E-state index < -0.39 is 0 Å². The van der Waals surface area contributed by atoms with E-state index in [1.165, 1.54) is 12.1 Å². The molecule has 0 aromatic heterocycles. The topological polar surface area (TPSA) is 41.1 Å². The van der Waals surface area contributed by atoms with Gasteiger partial charge in [-0.15, -0.1) is 0 Å². The highest BCUT2D eigenvalue weighted by Crippen LogP contribution is 2.29. The summed E-state index contributed by atoms with van der Waals surface area (Å²) in [6.07, 6.45) is 0. The molecule has 126 valence electrons. The zero-order valence-electron chi connectivity index (χ0n) is 13.4. The standard InChI is InChI=1S/C19H20ClFN2O/c1-12(14-3-2-4-16(21)9-14)23-19(24)18-11-22-10-17(18)13-5-7-15(20)8-6-13/h2-9,12,17-18,22H,10-11H2,1H3,(H,23,24). The Balaban J connectivity index is 1.70. The van der Waals surface area contributed by atoms with Crippen molar-refractivity contribution in [1.82, 2.24) is 10.6 Å². The fraction of sp³-hybridized carbons (Fsp3) is 0.316. The lowest BCUT2D eigenvalue weighted by Gasteiger charge is -2.22. The first kappa shape index (κ1) is 16.9. The minimum absolute atomic E-state index is 0.0169. The van der Waals surface area contributed by atoms with Crippen molar-refractivity contribution in [2.75, 3.05) is 13.1 Å². The Kier molecular flexibility index (Phi) is 5.17. The van der Waals surface area contributed by atoms with Gasteiger partial charge in [-0.1, -0.05) is 35.9 Å². The van der Waals surface area contributed by atoms with Gasteiger partial charge in [0.2, 0.25) is 5.91 Å². The molecule has 1 aliphatic heterocycles. The van der Waals surface area contributed by atoms with Crippen molar-refractivity contribution in [2.45, 2.75) is 18.9 Å². The molecule has 1 saturated heterocycles. The normalized spacial score (nSPS) is 21.5. The van der Waals surface area contributed by atoms with Crippen LogP contribution in [0.3, 0.4) is 0 Å². The Labute approximate surface area is 146 Å². The molecule has 0 bridgehead atoms. The molecular weight excluding hydrogens is 327 g/mol.